The van der Waals surface area contributed by atoms with Crippen LogP contribution in [0.5, 0.6) is 0 Å². The van der Waals surface area contributed by atoms with Gasteiger partial charge in [-0.1, -0.05) is 0 Å². The van der Waals surface area contributed by atoms with Gasteiger partial charge in [0, 0.05) is 6.08 Å². The van der Waals surface area contributed by atoms with Crippen molar-refractivity contribution in [2.75, 3.05) is 20.8 Å². The van der Waals surface area contributed by atoms with E-state index in [2.05, 4.69) is 4.74 Å². The van der Waals surface area contributed by atoms with Crippen LogP contribution in [0.25, 0.3) is 0 Å². The molecule has 0 aromatic rings. The van der Waals surface area contributed by atoms with Crippen molar-refractivity contribution in [2.24, 2.45) is 0 Å². The fourth-order valence-electron chi connectivity index (χ4n) is 1.17. The van der Waals surface area contributed by atoms with E-state index < -0.39 is 18.2 Å². The smallest absolute Gasteiger partial charge is 0.229 e. The lowest BCUT2D eigenvalue weighted by Crippen LogP contribution is -2.23. The molecule has 14 heavy (non-hydrogen) atoms. The van der Waals surface area contributed by atoms with Crippen LogP contribution in [0.1, 0.15) is 0 Å². The molecule has 5 nitrogen and oxygen atoms in total. The first-order chi connectivity index (χ1) is 6.65. The van der Waals surface area contributed by atoms with Gasteiger partial charge in [-0.2, -0.15) is 0 Å². The number of hydrogen-bond donors (Lipinski definition) is 1. The van der Waals surface area contributed by atoms with Crippen LogP contribution in [-0.4, -0.2) is 37.5 Å². The van der Waals surface area contributed by atoms with Crippen LogP contribution >= 0.6 is 0 Å². The maximum Gasteiger partial charge on any atom is 0.229 e. The lowest BCUT2D eigenvalue weighted by Gasteiger charge is -2.15. The monoisotopic (exact) mass is 198 g/mol. The van der Waals surface area contributed by atoms with Crippen LogP contribution < -0.4 is 0 Å². The average Bonchev–Trinajstić information content (AvgIpc) is 2.20. The van der Waals surface area contributed by atoms with Crippen LogP contribution in [0.15, 0.2) is 23.2 Å². The predicted molar refractivity (Wildman–Crippen MR) is 46.2 cm³/mol. The van der Waals surface area contributed by atoms with Crippen molar-refractivity contribution in [3.8, 4) is 0 Å². The van der Waals surface area contributed by atoms with Crippen LogP contribution in [-0.2, 0) is 19.1 Å². The van der Waals surface area contributed by atoms with E-state index in [1.54, 1.807) is 0 Å². The third-order valence-corrected chi connectivity index (χ3v) is 1.84. The normalized spacial score (nSPS) is 16.9. The van der Waals surface area contributed by atoms with Gasteiger partial charge >= 0.3 is 0 Å². The molecule has 1 aliphatic rings. The number of aliphatic hydroxyl groups excluding tert-OH is 1. The molecular formula is C9H10O5. The molecular weight excluding hydrogens is 188 g/mol. The van der Waals surface area contributed by atoms with Gasteiger partial charge in [-0.15, -0.1) is 0 Å². The molecule has 1 rings (SSSR count). The number of rotatable bonds is 3. The third kappa shape index (κ3) is 1.54. The van der Waals surface area contributed by atoms with Gasteiger partial charge in [0.2, 0.25) is 11.6 Å². The summed E-state index contributed by atoms with van der Waals surface area (Å²) in [6.07, 6.45) is 1.04. The summed E-state index contributed by atoms with van der Waals surface area (Å²) in [6.45, 7) is -0.547. The van der Waals surface area contributed by atoms with Gasteiger partial charge < -0.3 is 14.6 Å². The van der Waals surface area contributed by atoms with Gasteiger partial charge in [0.05, 0.1) is 26.4 Å². The van der Waals surface area contributed by atoms with Gasteiger partial charge in [0.25, 0.3) is 0 Å². The van der Waals surface area contributed by atoms with Crippen LogP contribution in [0.3, 0.4) is 0 Å². The standard InChI is InChI=1S/C9H10O5/c1-13-7-3-6(11)9(14-2)5(4-10)8(7)12/h3,10H,4H2,1-2H3. The largest absolute Gasteiger partial charge is 0.492 e. The predicted octanol–water partition coefficient (Wildman–Crippen LogP) is -0.439. The molecule has 1 N–H and O–H groups in total. The number of aliphatic hydroxyl groups is 1. The Morgan fingerprint density at radius 3 is 2.36 bits per heavy atom. The Balaban J connectivity index is 3.17. The average molecular weight is 198 g/mol. The zero-order valence-corrected chi connectivity index (χ0v) is 7.86. The first-order valence-corrected chi connectivity index (χ1v) is 3.88. The zero-order chi connectivity index (χ0) is 10.7. The quantitative estimate of drug-likeness (QED) is 0.622. The third-order valence-electron chi connectivity index (χ3n) is 1.84. The highest BCUT2D eigenvalue weighted by Gasteiger charge is 2.29. The van der Waals surface area contributed by atoms with Crippen molar-refractivity contribution in [1.82, 2.24) is 0 Å². The number of carbonyl (C=O) groups is 2. The zero-order valence-electron chi connectivity index (χ0n) is 7.86. The van der Waals surface area contributed by atoms with Crippen molar-refractivity contribution in [2.45, 2.75) is 0 Å². The van der Waals surface area contributed by atoms with Gasteiger partial charge in [0.1, 0.15) is 0 Å². The van der Waals surface area contributed by atoms with E-state index in [-0.39, 0.29) is 17.1 Å². The SMILES string of the molecule is COC1=CC(=O)C(OC)=C(CO)C1=O. The van der Waals surface area contributed by atoms with Gasteiger partial charge in [-0.05, 0) is 0 Å². The van der Waals surface area contributed by atoms with Gasteiger partial charge in [0.15, 0.2) is 11.5 Å². The van der Waals surface area contributed by atoms with Gasteiger partial charge in [-0.3, -0.25) is 9.59 Å². The molecule has 0 saturated heterocycles. The summed E-state index contributed by atoms with van der Waals surface area (Å²) in [5, 5.41) is 8.90. The number of ketones is 2. The molecule has 1 aliphatic carbocycles. The van der Waals surface area contributed by atoms with Crippen molar-refractivity contribution in [3.63, 3.8) is 0 Å². The lowest BCUT2D eigenvalue weighted by molar-refractivity contribution is -0.120. The van der Waals surface area contributed by atoms with Crippen molar-refractivity contribution in [3.05, 3.63) is 23.2 Å². The van der Waals surface area contributed by atoms with Gasteiger partial charge in [-0.25, -0.2) is 0 Å². The minimum absolute atomic E-state index is 0.0724. The van der Waals surface area contributed by atoms with Crippen LogP contribution in [0.4, 0.5) is 0 Å². The summed E-state index contributed by atoms with van der Waals surface area (Å²) < 4.78 is 9.41. The Bertz CT molecular complexity index is 337. The van der Waals surface area contributed by atoms with E-state index in [0.717, 1.165) is 6.08 Å². The molecule has 0 amide bonds. The molecule has 0 aromatic heterocycles. The topological polar surface area (TPSA) is 72.8 Å². The number of Topliss-reactive ketones (excluding diaryl/α,β-unsaturated/α-hetero) is 1. The summed E-state index contributed by atoms with van der Waals surface area (Å²) in [6, 6.07) is 0. The second-order valence-electron chi connectivity index (χ2n) is 2.58. The summed E-state index contributed by atoms with van der Waals surface area (Å²) in [5.41, 5.74) is -0.0724. The second kappa shape index (κ2) is 4.06. The molecule has 0 fully saturated rings. The van der Waals surface area contributed by atoms with Crippen molar-refractivity contribution >= 4 is 11.6 Å². The van der Waals surface area contributed by atoms with E-state index >= 15 is 0 Å². The molecule has 0 bridgehead atoms. The minimum Gasteiger partial charge on any atom is -0.492 e. The lowest BCUT2D eigenvalue weighted by atomic mass is 10.0. The molecule has 0 unspecified atom stereocenters. The molecule has 0 atom stereocenters. The summed E-state index contributed by atoms with van der Waals surface area (Å²) >= 11 is 0. The number of methoxy groups -OCH3 is 2. The first kappa shape index (κ1) is 10.5. The van der Waals surface area contributed by atoms with E-state index in [9.17, 15) is 9.59 Å². The Morgan fingerprint density at radius 1 is 1.29 bits per heavy atom. The molecule has 76 valence electrons. The number of hydrogen-bond acceptors (Lipinski definition) is 5. The van der Waals surface area contributed by atoms with E-state index in [1.165, 1.54) is 14.2 Å². The highest BCUT2D eigenvalue weighted by Crippen LogP contribution is 2.19. The van der Waals surface area contributed by atoms with Crippen LogP contribution in [0, 0.1) is 0 Å². The maximum atomic E-state index is 11.5. The maximum absolute atomic E-state index is 11.5. The molecule has 0 radical (unpaired) electrons. The molecule has 0 aliphatic heterocycles. The highest BCUT2D eigenvalue weighted by molar-refractivity contribution is 6.21. The Morgan fingerprint density at radius 2 is 1.93 bits per heavy atom. The second-order valence-corrected chi connectivity index (χ2v) is 2.58. The highest BCUT2D eigenvalue weighted by atomic mass is 16.5. The summed E-state index contributed by atoms with van der Waals surface area (Å²) in [7, 11) is 2.55. The summed E-state index contributed by atoms with van der Waals surface area (Å²) in [5.74, 6) is -1.21. The minimum atomic E-state index is -0.547. The van der Waals surface area contributed by atoms with E-state index in [1.807, 2.05) is 0 Å². The Hall–Kier alpha value is -1.62. The number of ether oxygens (including phenoxy) is 2. The van der Waals surface area contributed by atoms with E-state index in [0.29, 0.717) is 0 Å². The van der Waals surface area contributed by atoms with Crippen molar-refractivity contribution < 1.29 is 24.2 Å². The molecule has 5 heteroatoms. The van der Waals surface area contributed by atoms with Crippen molar-refractivity contribution in [1.29, 1.82) is 0 Å². The number of allylic oxidation sites excluding steroid dienone is 2. The molecule has 0 aromatic carbocycles. The Kier molecular flexibility index (Phi) is 3.03. The summed E-state index contributed by atoms with van der Waals surface area (Å²) in [4.78, 5) is 22.8. The Labute approximate surface area is 80.6 Å². The number of carbonyl (C=O) groups excluding carboxylic acids is 2. The molecule has 0 saturated carbocycles. The first-order valence-electron chi connectivity index (χ1n) is 3.88. The fraction of sp³-hybridized carbons (Fsp3) is 0.333. The van der Waals surface area contributed by atoms with Crippen LogP contribution in [0.2, 0.25) is 0 Å². The molecule has 0 spiro atoms. The molecule has 0 heterocycles. The van der Waals surface area contributed by atoms with E-state index in [4.69, 9.17) is 9.84 Å². The fourth-order valence-corrected chi connectivity index (χ4v) is 1.17.